The second-order valence-corrected chi connectivity index (χ2v) is 7.00. The number of nitrogens with two attached hydrogens (primary N) is 1. The molecule has 1 atom stereocenters. The second kappa shape index (κ2) is 6.93. The lowest BCUT2D eigenvalue weighted by atomic mass is 9.95. The van der Waals surface area contributed by atoms with Crippen molar-refractivity contribution in [2.75, 3.05) is 11.5 Å². The summed E-state index contributed by atoms with van der Waals surface area (Å²) in [6.45, 7) is 1.40. The molecule has 2 heterocycles. The number of nitrogen functional groups attached to an aromatic ring is 1. The number of thioether (sulfide) groups is 1. The Labute approximate surface area is 157 Å². The molecule has 1 aromatic carbocycles. The number of rotatable bonds is 5. The van der Waals surface area contributed by atoms with Crippen molar-refractivity contribution in [3.63, 3.8) is 0 Å². The van der Waals surface area contributed by atoms with E-state index in [2.05, 4.69) is 10.1 Å². The van der Waals surface area contributed by atoms with E-state index in [1.807, 2.05) is 0 Å². The molecule has 0 radical (unpaired) electrons. The molecule has 3 N–H and O–H groups in total. The number of hydrogen-bond acceptors (Lipinski definition) is 5. The van der Waals surface area contributed by atoms with Crippen molar-refractivity contribution in [2.24, 2.45) is 7.05 Å². The maximum absolute atomic E-state index is 13.9. The van der Waals surface area contributed by atoms with Gasteiger partial charge in [-0.25, -0.2) is 9.67 Å². The quantitative estimate of drug-likeness (QED) is 0.647. The minimum atomic E-state index is -4.95. The van der Waals surface area contributed by atoms with Crippen LogP contribution in [-0.4, -0.2) is 36.4 Å². The smallest absolute Gasteiger partial charge is 0.383 e. The van der Waals surface area contributed by atoms with Gasteiger partial charge in [-0.05, 0) is 19.1 Å². The number of anilines is 1. The fourth-order valence-electron chi connectivity index (χ4n) is 2.78. The lowest BCUT2D eigenvalue weighted by Crippen LogP contribution is -2.45. The summed E-state index contributed by atoms with van der Waals surface area (Å²) in [6, 6.07) is 8.55. The third-order valence-electron chi connectivity index (χ3n) is 4.17. The Hall–Kier alpha value is -2.46. The maximum Gasteiger partial charge on any atom is 0.422 e. The summed E-state index contributed by atoms with van der Waals surface area (Å²) in [5.41, 5.74) is 2.90. The van der Waals surface area contributed by atoms with Crippen LogP contribution in [0.2, 0.25) is 0 Å². The van der Waals surface area contributed by atoms with E-state index >= 15 is 0 Å². The standard InChI is InChI=1S/C17H18F3N5OS/c1-11-13(14(21)25(23-11)12-6-4-3-5-7-12)16(26,17(18,19)20)10-27-15-22-8-9-24(15)2/h3-9,26H,10,21H2,1-2H3/t16-/m0/s1. The molecule has 6 nitrogen and oxygen atoms in total. The number of para-hydroxylation sites is 1. The predicted octanol–water partition coefficient (Wildman–Crippen LogP) is 3.04. The van der Waals surface area contributed by atoms with Crippen LogP contribution in [0.15, 0.2) is 47.9 Å². The summed E-state index contributed by atoms with van der Waals surface area (Å²) in [5, 5.41) is 15.2. The van der Waals surface area contributed by atoms with E-state index in [0.29, 0.717) is 10.8 Å². The summed E-state index contributed by atoms with van der Waals surface area (Å²) in [4.78, 5) is 3.99. The Morgan fingerprint density at radius 3 is 2.44 bits per heavy atom. The largest absolute Gasteiger partial charge is 0.422 e. The van der Waals surface area contributed by atoms with Gasteiger partial charge >= 0.3 is 6.18 Å². The Morgan fingerprint density at radius 2 is 1.89 bits per heavy atom. The first-order valence-electron chi connectivity index (χ1n) is 7.95. The van der Waals surface area contributed by atoms with Gasteiger partial charge in [-0.15, -0.1) is 0 Å². The van der Waals surface area contributed by atoms with Crippen molar-refractivity contribution in [3.8, 4) is 5.69 Å². The Kier molecular flexibility index (Phi) is 4.96. The molecule has 0 aliphatic rings. The number of alkyl halides is 3. The van der Waals surface area contributed by atoms with Gasteiger partial charge in [0.2, 0.25) is 5.60 Å². The van der Waals surface area contributed by atoms with E-state index in [1.165, 1.54) is 17.8 Å². The number of imidazole rings is 1. The van der Waals surface area contributed by atoms with Gasteiger partial charge in [0.05, 0.1) is 16.9 Å². The van der Waals surface area contributed by atoms with Crippen molar-refractivity contribution in [1.82, 2.24) is 19.3 Å². The Balaban J connectivity index is 2.06. The highest BCUT2D eigenvalue weighted by Crippen LogP contribution is 2.45. The van der Waals surface area contributed by atoms with E-state index in [-0.39, 0.29) is 11.5 Å². The highest BCUT2D eigenvalue weighted by molar-refractivity contribution is 7.99. The van der Waals surface area contributed by atoms with Crippen molar-refractivity contribution >= 4 is 17.6 Å². The zero-order valence-corrected chi connectivity index (χ0v) is 15.4. The Morgan fingerprint density at radius 1 is 1.22 bits per heavy atom. The van der Waals surface area contributed by atoms with Gasteiger partial charge in [0, 0.05) is 25.2 Å². The molecular formula is C17H18F3N5OS. The minimum Gasteiger partial charge on any atom is -0.383 e. The van der Waals surface area contributed by atoms with Crippen LogP contribution < -0.4 is 5.73 Å². The minimum absolute atomic E-state index is 0.0108. The molecule has 0 saturated carbocycles. The van der Waals surface area contributed by atoms with Crippen LogP contribution in [0.1, 0.15) is 11.3 Å². The van der Waals surface area contributed by atoms with Gasteiger partial charge in [0.25, 0.3) is 0 Å². The van der Waals surface area contributed by atoms with Gasteiger partial charge in [-0.3, -0.25) is 0 Å². The van der Waals surface area contributed by atoms with Crippen LogP contribution in [0.5, 0.6) is 0 Å². The van der Waals surface area contributed by atoms with Crippen LogP contribution >= 0.6 is 11.8 Å². The van der Waals surface area contributed by atoms with E-state index in [0.717, 1.165) is 11.8 Å². The third-order valence-corrected chi connectivity index (χ3v) is 5.38. The number of hydrogen-bond donors (Lipinski definition) is 2. The number of aryl methyl sites for hydroxylation is 2. The molecule has 27 heavy (non-hydrogen) atoms. The molecule has 0 aliphatic heterocycles. The molecule has 0 fully saturated rings. The summed E-state index contributed by atoms with van der Waals surface area (Å²) in [7, 11) is 1.66. The average molecular weight is 397 g/mol. The molecule has 2 aromatic heterocycles. The van der Waals surface area contributed by atoms with Crippen LogP contribution in [0.4, 0.5) is 19.0 Å². The Bertz CT molecular complexity index is 938. The molecule has 10 heteroatoms. The highest BCUT2D eigenvalue weighted by atomic mass is 32.2. The molecule has 0 spiro atoms. The SMILES string of the molecule is Cc1nn(-c2ccccc2)c(N)c1[C@@](O)(CSc1nccn1C)C(F)(F)F. The number of aromatic nitrogens is 4. The highest BCUT2D eigenvalue weighted by Gasteiger charge is 2.57. The molecule has 3 rings (SSSR count). The number of nitrogens with zero attached hydrogens (tertiary/aromatic N) is 4. The normalized spacial score (nSPS) is 14.3. The summed E-state index contributed by atoms with van der Waals surface area (Å²) < 4.78 is 44.5. The van der Waals surface area contributed by atoms with E-state index in [9.17, 15) is 18.3 Å². The average Bonchev–Trinajstić information content (AvgIpc) is 3.15. The first-order valence-corrected chi connectivity index (χ1v) is 8.94. The molecule has 3 aromatic rings. The molecule has 0 amide bonds. The van der Waals surface area contributed by atoms with Gasteiger partial charge in [0.15, 0.2) is 5.16 Å². The second-order valence-electron chi connectivity index (χ2n) is 6.06. The summed E-state index contributed by atoms with van der Waals surface area (Å²) in [6.07, 6.45) is -1.86. The molecule has 0 unspecified atom stereocenters. The molecule has 0 saturated heterocycles. The van der Waals surface area contributed by atoms with Crippen LogP contribution in [0, 0.1) is 6.92 Å². The third kappa shape index (κ3) is 3.42. The molecular weight excluding hydrogens is 379 g/mol. The first-order chi connectivity index (χ1) is 12.6. The van der Waals surface area contributed by atoms with Crippen molar-refractivity contribution in [1.29, 1.82) is 0 Å². The van der Waals surface area contributed by atoms with E-state index in [1.54, 1.807) is 48.1 Å². The van der Waals surface area contributed by atoms with Crippen LogP contribution in [-0.2, 0) is 12.6 Å². The van der Waals surface area contributed by atoms with Gasteiger partial charge < -0.3 is 15.4 Å². The zero-order chi connectivity index (χ0) is 19.8. The van der Waals surface area contributed by atoms with E-state index < -0.39 is 23.1 Å². The van der Waals surface area contributed by atoms with Crippen LogP contribution in [0.3, 0.4) is 0 Å². The summed E-state index contributed by atoms with van der Waals surface area (Å²) >= 11 is 0.794. The lowest BCUT2D eigenvalue weighted by molar-refractivity contribution is -0.256. The van der Waals surface area contributed by atoms with Crippen molar-refractivity contribution in [3.05, 3.63) is 54.0 Å². The van der Waals surface area contributed by atoms with E-state index in [4.69, 9.17) is 5.73 Å². The molecule has 0 aliphatic carbocycles. The lowest BCUT2D eigenvalue weighted by Gasteiger charge is -2.30. The number of aliphatic hydroxyl groups is 1. The maximum atomic E-state index is 13.9. The molecule has 144 valence electrons. The fourth-order valence-corrected chi connectivity index (χ4v) is 3.82. The van der Waals surface area contributed by atoms with Gasteiger partial charge in [-0.1, -0.05) is 30.0 Å². The molecule has 0 bridgehead atoms. The van der Waals surface area contributed by atoms with Crippen molar-refractivity contribution < 1.29 is 18.3 Å². The topological polar surface area (TPSA) is 81.9 Å². The van der Waals surface area contributed by atoms with Gasteiger partial charge in [-0.2, -0.15) is 18.3 Å². The monoisotopic (exact) mass is 397 g/mol. The van der Waals surface area contributed by atoms with Crippen LogP contribution in [0.25, 0.3) is 5.69 Å². The fraction of sp³-hybridized carbons (Fsp3) is 0.294. The number of benzene rings is 1. The van der Waals surface area contributed by atoms with Gasteiger partial charge in [0.1, 0.15) is 5.82 Å². The predicted molar refractivity (Wildman–Crippen MR) is 96.6 cm³/mol. The summed E-state index contributed by atoms with van der Waals surface area (Å²) in [5.74, 6) is -0.952. The zero-order valence-electron chi connectivity index (χ0n) is 14.6. The van der Waals surface area contributed by atoms with Crippen molar-refractivity contribution in [2.45, 2.75) is 23.9 Å². The first kappa shape index (κ1) is 19.3. The number of halogens is 3.